The van der Waals surface area contributed by atoms with Gasteiger partial charge in [-0.25, -0.2) is 16.7 Å². The highest BCUT2D eigenvalue weighted by Gasteiger charge is 2.37. The van der Waals surface area contributed by atoms with Gasteiger partial charge in [-0.15, -0.1) is 0 Å². The molecule has 6 nitrogen and oxygen atoms in total. The van der Waals surface area contributed by atoms with Crippen LogP contribution < -0.4 is 26.9 Å². The third-order valence-electron chi connectivity index (χ3n) is 4.07. The van der Waals surface area contributed by atoms with Crippen LogP contribution in [0.3, 0.4) is 0 Å². The van der Waals surface area contributed by atoms with Crippen LogP contribution in [0.2, 0.25) is 0 Å². The first kappa shape index (κ1) is 16.7. The minimum Gasteiger partial charge on any atom is -0.494 e. The highest BCUT2D eigenvalue weighted by Crippen LogP contribution is 2.29. The van der Waals surface area contributed by atoms with E-state index >= 15 is 0 Å². The molecule has 1 fully saturated rings. The Labute approximate surface area is 131 Å². The summed E-state index contributed by atoms with van der Waals surface area (Å²) in [6, 6.07) is 7.73. The summed E-state index contributed by atoms with van der Waals surface area (Å²) in [6.45, 7) is 7.11. The fourth-order valence-corrected chi connectivity index (χ4v) is 2.60. The normalized spacial score (nSPS) is 24.5. The molecule has 3 unspecified atom stereocenters. The van der Waals surface area contributed by atoms with Gasteiger partial charge in [0.25, 0.3) is 5.91 Å². The van der Waals surface area contributed by atoms with Gasteiger partial charge < -0.3 is 4.74 Å². The van der Waals surface area contributed by atoms with Gasteiger partial charge >= 0.3 is 0 Å². The van der Waals surface area contributed by atoms with Crippen molar-refractivity contribution in [1.82, 2.24) is 16.3 Å². The van der Waals surface area contributed by atoms with Crippen molar-refractivity contribution in [3.8, 4) is 5.75 Å². The molecule has 1 amide bonds. The fourth-order valence-electron chi connectivity index (χ4n) is 2.60. The third-order valence-corrected chi connectivity index (χ3v) is 4.07. The van der Waals surface area contributed by atoms with E-state index in [4.69, 9.17) is 10.6 Å². The standard InChI is InChI=1S/C16H26N4O2/c1-10(2)8-9-22-13-6-4-12(5-7-13)14-11(3)15(20-19-14)16(21)18-17/h4-7,10-11,14-15,19-20H,8-9,17H2,1-3H3,(H,18,21). The number of hydrogen-bond donors (Lipinski definition) is 4. The van der Waals surface area contributed by atoms with Crippen LogP contribution in [0.4, 0.5) is 0 Å². The molecule has 1 aromatic rings. The smallest absolute Gasteiger partial charge is 0.252 e. The van der Waals surface area contributed by atoms with Crippen molar-refractivity contribution in [3.05, 3.63) is 29.8 Å². The molecule has 0 spiro atoms. The molecule has 1 heterocycles. The molecule has 2 rings (SSSR count). The summed E-state index contributed by atoms with van der Waals surface area (Å²) < 4.78 is 5.72. The topological polar surface area (TPSA) is 88.4 Å². The van der Waals surface area contributed by atoms with Crippen molar-refractivity contribution in [2.75, 3.05) is 6.61 Å². The Kier molecular flexibility index (Phi) is 5.76. The Bertz CT molecular complexity index is 489. The van der Waals surface area contributed by atoms with Gasteiger partial charge in [-0.1, -0.05) is 32.9 Å². The SMILES string of the molecule is CC(C)CCOc1ccc(C2NNC(C(=O)NN)C2C)cc1. The summed E-state index contributed by atoms with van der Waals surface area (Å²) in [5.41, 5.74) is 9.46. The first-order valence-electron chi connectivity index (χ1n) is 7.77. The molecular weight excluding hydrogens is 280 g/mol. The van der Waals surface area contributed by atoms with Crippen molar-refractivity contribution < 1.29 is 9.53 Å². The van der Waals surface area contributed by atoms with Gasteiger partial charge in [0.2, 0.25) is 0 Å². The molecule has 22 heavy (non-hydrogen) atoms. The van der Waals surface area contributed by atoms with Crippen molar-refractivity contribution in [2.45, 2.75) is 39.3 Å². The Morgan fingerprint density at radius 2 is 2.00 bits per heavy atom. The number of carbonyl (C=O) groups is 1. The van der Waals surface area contributed by atoms with Crippen LogP contribution in [-0.4, -0.2) is 18.6 Å². The molecule has 5 N–H and O–H groups in total. The number of ether oxygens (including phenoxy) is 1. The quantitative estimate of drug-likeness (QED) is 0.361. The molecule has 0 aliphatic carbocycles. The predicted molar refractivity (Wildman–Crippen MR) is 85.7 cm³/mol. The summed E-state index contributed by atoms with van der Waals surface area (Å²) in [6.07, 6.45) is 1.04. The molecule has 3 atom stereocenters. The third kappa shape index (κ3) is 3.97. The van der Waals surface area contributed by atoms with Crippen LogP contribution in [0, 0.1) is 11.8 Å². The summed E-state index contributed by atoms with van der Waals surface area (Å²) in [5.74, 6) is 6.60. The van der Waals surface area contributed by atoms with E-state index < -0.39 is 0 Å². The second-order valence-electron chi connectivity index (χ2n) is 6.21. The van der Waals surface area contributed by atoms with Crippen molar-refractivity contribution in [2.24, 2.45) is 17.7 Å². The second-order valence-corrected chi connectivity index (χ2v) is 6.21. The first-order valence-corrected chi connectivity index (χ1v) is 7.77. The maximum atomic E-state index is 11.7. The Morgan fingerprint density at radius 3 is 2.59 bits per heavy atom. The molecule has 0 saturated carbocycles. The monoisotopic (exact) mass is 306 g/mol. The largest absolute Gasteiger partial charge is 0.494 e. The number of amides is 1. The average molecular weight is 306 g/mol. The first-order chi connectivity index (χ1) is 10.5. The number of hydrogen-bond acceptors (Lipinski definition) is 5. The molecule has 6 heteroatoms. The van der Waals surface area contributed by atoms with Crippen LogP contribution in [0.25, 0.3) is 0 Å². The molecule has 1 aliphatic rings. The van der Waals surface area contributed by atoms with Crippen LogP contribution in [0.15, 0.2) is 24.3 Å². The maximum absolute atomic E-state index is 11.7. The van der Waals surface area contributed by atoms with E-state index in [-0.39, 0.29) is 23.9 Å². The number of nitrogens with one attached hydrogen (secondary N) is 3. The number of rotatable bonds is 6. The summed E-state index contributed by atoms with van der Waals surface area (Å²) >= 11 is 0. The van der Waals surface area contributed by atoms with Crippen molar-refractivity contribution in [3.63, 3.8) is 0 Å². The fraction of sp³-hybridized carbons (Fsp3) is 0.562. The molecule has 0 aromatic heterocycles. The van der Waals surface area contributed by atoms with E-state index in [0.29, 0.717) is 5.92 Å². The van der Waals surface area contributed by atoms with Crippen LogP contribution >= 0.6 is 0 Å². The highest BCUT2D eigenvalue weighted by molar-refractivity contribution is 5.81. The summed E-state index contributed by atoms with van der Waals surface area (Å²) in [4.78, 5) is 11.7. The molecule has 1 aromatic carbocycles. The van der Waals surface area contributed by atoms with Crippen LogP contribution in [0.5, 0.6) is 5.75 Å². The zero-order valence-corrected chi connectivity index (χ0v) is 13.4. The number of hydrazine groups is 2. The lowest BCUT2D eigenvalue weighted by atomic mass is 9.91. The van der Waals surface area contributed by atoms with Gasteiger partial charge in [-0.05, 0) is 30.0 Å². The Balaban J connectivity index is 1.95. The van der Waals surface area contributed by atoms with Gasteiger partial charge in [-0.2, -0.15) is 0 Å². The lowest BCUT2D eigenvalue weighted by molar-refractivity contribution is -0.123. The van der Waals surface area contributed by atoms with Crippen LogP contribution in [-0.2, 0) is 4.79 Å². The minimum atomic E-state index is -0.336. The van der Waals surface area contributed by atoms with E-state index in [0.717, 1.165) is 24.3 Å². The summed E-state index contributed by atoms with van der Waals surface area (Å²) in [5, 5.41) is 0. The number of carbonyl (C=O) groups excluding carboxylic acids is 1. The highest BCUT2D eigenvalue weighted by atomic mass is 16.5. The molecule has 0 bridgehead atoms. The van der Waals surface area contributed by atoms with Gasteiger partial charge in [0.15, 0.2) is 0 Å². The molecule has 1 saturated heterocycles. The zero-order valence-electron chi connectivity index (χ0n) is 13.4. The van der Waals surface area contributed by atoms with Gasteiger partial charge in [-0.3, -0.25) is 10.2 Å². The lowest BCUT2D eigenvalue weighted by Crippen LogP contribution is -2.47. The van der Waals surface area contributed by atoms with E-state index in [1.54, 1.807) is 0 Å². The number of nitrogens with two attached hydrogens (primary N) is 1. The van der Waals surface area contributed by atoms with Crippen molar-refractivity contribution in [1.29, 1.82) is 0 Å². The van der Waals surface area contributed by atoms with Crippen molar-refractivity contribution >= 4 is 5.91 Å². The molecule has 122 valence electrons. The predicted octanol–water partition coefficient (Wildman–Crippen LogP) is 1.26. The Hall–Kier alpha value is -1.63. The number of benzene rings is 1. The maximum Gasteiger partial charge on any atom is 0.252 e. The van der Waals surface area contributed by atoms with E-state index in [2.05, 4.69) is 30.1 Å². The average Bonchev–Trinajstić information content (AvgIpc) is 2.88. The van der Waals surface area contributed by atoms with Gasteiger partial charge in [0, 0.05) is 5.92 Å². The van der Waals surface area contributed by atoms with Gasteiger partial charge in [0.05, 0.1) is 12.6 Å². The Morgan fingerprint density at radius 1 is 1.32 bits per heavy atom. The van der Waals surface area contributed by atoms with E-state index in [1.165, 1.54) is 0 Å². The zero-order chi connectivity index (χ0) is 16.1. The van der Waals surface area contributed by atoms with Crippen LogP contribution in [0.1, 0.15) is 38.8 Å². The van der Waals surface area contributed by atoms with E-state index in [9.17, 15) is 4.79 Å². The minimum absolute atomic E-state index is 0.0621. The van der Waals surface area contributed by atoms with Gasteiger partial charge in [0.1, 0.15) is 11.8 Å². The lowest BCUT2D eigenvalue weighted by Gasteiger charge is -2.18. The summed E-state index contributed by atoms with van der Waals surface area (Å²) in [7, 11) is 0. The molecular formula is C16H26N4O2. The molecule has 0 radical (unpaired) electrons. The van der Waals surface area contributed by atoms with E-state index in [1.807, 2.05) is 31.2 Å². The second kappa shape index (κ2) is 7.58. The molecule has 1 aliphatic heterocycles.